The number of hydrogen-bond donors (Lipinski definition) is 1. The number of benzene rings is 3. The van der Waals surface area contributed by atoms with E-state index in [1.807, 2.05) is 54.6 Å². The first kappa shape index (κ1) is 17.2. The lowest BCUT2D eigenvalue weighted by Crippen LogP contribution is -2.20. The van der Waals surface area contributed by atoms with Gasteiger partial charge in [-0.15, -0.1) is 0 Å². The van der Waals surface area contributed by atoms with Crippen LogP contribution >= 0.6 is 15.9 Å². The van der Waals surface area contributed by atoms with Gasteiger partial charge in [0.25, 0.3) is 5.91 Å². The summed E-state index contributed by atoms with van der Waals surface area (Å²) in [6.07, 6.45) is 0. The highest BCUT2D eigenvalue weighted by molar-refractivity contribution is 9.10. The van der Waals surface area contributed by atoms with Gasteiger partial charge in [0.15, 0.2) is 6.61 Å². The molecule has 0 spiro atoms. The lowest BCUT2D eigenvalue weighted by molar-refractivity contribution is -0.118. The van der Waals surface area contributed by atoms with E-state index >= 15 is 0 Å². The van der Waals surface area contributed by atoms with Crippen LogP contribution in [0.5, 0.6) is 5.75 Å². The maximum Gasteiger partial charge on any atom is 0.262 e. The number of amides is 1. The van der Waals surface area contributed by atoms with E-state index in [0.717, 1.165) is 11.1 Å². The van der Waals surface area contributed by atoms with Crippen molar-refractivity contribution in [3.8, 4) is 16.9 Å². The highest BCUT2D eigenvalue weighted by Crippen LogP contribution is 2.28. The maximum atomic E-state index is 13.1. The fourth-order valence-electron chi connectivity index (χ4n) is 2.38. The molecule has 0 radical (unpaired) electrons. The average molecular weight is 400 g/mol. The Balaban J connectivity index is 1.69. The van der Waals surface area contributed by atoms with Crippen LogP contribution in [0.25, 0.3) is 11.1 Å². The zero-order chi connectivity index (χ0) is 17.6. The van der Waals surface area contributed by atoms with Gasteiger partial charge in [-0.2, -0.15) is 0 Å². The van der Waals surface area contributed by atoms with Crippen molar-refractivity contribution in [2.75, 3.05) is 11.9 Å². The molecule has 5 heteroatoms. The summed E-state index contributed by atoms with van der Waals surface area (Å²) in [6, 6.07) is 21.4. The summed E-state index contributed by atoms with van der Waals surface area (Å²) < 4.78 is 19.0. The summed E-state index contributed by atoms with van der Waals surface area (Å²) in [7, 11) is 0. The summed E-state index contributed by atoms with van der Waals surface area (Å²) in [5.41, 5.74) is 2.65. The molecule has 0 saturated carbocycles. The van der Waals surface area contributed by atoms with Gasteiger partial charge in [0, 0.05) is 11.3 Å². The lowest BCUT2D eigenvalue weighted by Gasteiger charge is -2.12. The molecule has 1 N–H and O–H groups in total. The molecule has 3 aromatic rings. The molecule has 1 amide bonds. The zero-order valence-corrected chi connectivity index (χ0v) is 14.8. The molecule has 0 aliphatic carbocycles. The fourth-order valence-corrected chi connectivity index (χ4v) is 2.85. The Kier molecular flexibility index (Phi) is 5.46. The Hall–Kier alpha value is -2.66. The minimum atomic E-state index is -0.375. The predicted octanol–water partition coefficient (Wildman–Crippen LogP) is 5.27. The minimum Gasteiger partial charge on any atom is -0.483 e. The molecule has 0 aromatic heterocycles. The van der Waals surface area contributed by atoms with Crippen molar-refractivity contribution in [2.24, 2.45) is 0 Å². The van der Waals surface area contributed by atoms with Gasteiger partial charge in [0.1, 0.15) is 11.6 Å². The normalized spacial score (nSPS) is 10.3. The number of ether oxygens (including phenoxy) is 1. The van der Waals surface area contributed by atoms with Gasteiger partial charge < -0.3 is 10.1 Å². The van der Waals surface area contributed by atoms with Crippen LogP contribution < -0.4 is 10.1 Å². The quantitative estimate of drug-likeness (QED) is 0.634. The van der Waals surface area contributed by atoms with Crippen LogP contribution in [0.4, 0.5) is 10.1 Å². The molecule has 0 aliphatic rings. The molecule has 25 heavy (non-hydrogen) atoms. The van der Waals surface area contributed by atoms with Crippen LogP contribution in [0.15, 0.2) is 77.3 Å². The second-order valence-corrected chi connectivity index (χ2v) is 6.18. The molecule has 3 nitrogen and oxygen atoms in total. The largest absolute Gasteiger partial charge is 0.483 e. The monoisotopic (exact) mass is 399 g/mol. The number of hydrogen-bond acceptors (Lipinski definition) is 2. The van der Waals surface area contributed by atoms with Crippen molar-refractivity contribution >= 4 is 27.5 Å². The predicted molar refractivity (Wildman–Crippen MR) is 100 cm³/mol. The summed E-state index contributed by atoms with van der Waals surface area (Å²) in [4.78, 5) is 12.2. The topological polar surface area (TPSA) is 38.3 Å². The molecule has 126 valence electrons. The lowest BCUT2D eigenvalue weighted by atomic mass is 10.0. The van der Waals surface area contributed by atoms with Crippen molar-refractivity contribution in [3.05, 3.63) is 83.1 Å². The molecule has 0 fully saturated rings. The summed E-state index contributed by atoms with van der Waals surface area (Å²) >= 11 is 3.21. The highest BCUT2D eigenvalue weighted by Gasteiger charge is 2.10. The van der Waals surface area contributed by atoms with Gasteiger partial charge in [-0.1, -0.05) is 48.5 Å². The summed E-state index contributed by atoms with van der Waals surface area (Å²) in [5.74, 6) is -0.257. The molecule has 3 rings (SSSR count). The first-order valence-corrected chi connectivity index (χ1v) is 8.45. The number of para-hydroxylation sites is 1. The number of nitrogens with one attached hydrogen (secondary N) is 1. The first-order valence-electron chi connectivity index (χ1n) is 7.65. The molecule has 3 aromatic carbocycles. The Bertz CT molecular complexity index is 884. The number of carbonyl (C=O) groups excluding carboxylic acids is 1. The van der Waals surface area contributed by atoms with Crippen molar-refractivity contribution in [2.45, 2.75) is 0 Å². The van der Waals surface area contributed by atoms with Gasteiger partial charge >= 0.3 is 0 Å². The van der Waals surface area contributed by atoms with E-state index in [0.29, 0.717) is 15.9 Å². The van der Waals surface area contributed by atoms with Crippen LogP contribution in [0.2, 0.25) is 0 Å². The Labute approximate surface area is 153 Å². The third-order valence-electron chi connectivity index (χ3n) is 3.54. The van der Waals surface area contributed by atoms with Crippen molar-refractivity contribution < 1.29 is 13.9 Å². The van der Waals surface area contributed by atoms with Gasteiger partial charge in [-0.25, -0.2) is 4.39 Å². The van der Waals surface area contributed by atoms with Crippen LogP contribution in [0.1, 0.15) is 0 Å². The second-order valence-electron chi connectivity index (χ2n) is 5.32. The summed E-state index contributed by atoms with van der Waals surface area (Å²) in [5, 5.41) is 2.86. The Morgan fingerprint density at radius 3 is 2.48 bits per heavy atom. The van der Waals surface area contributed by atoms with Gasteiger partial charge in [0.05, 0.1) is 4.47 Å². The highest BCUT2D eigenvalue weighted by atomic mass is 79.9. The van der Waals surface area contributed by atoms with Crippen molar-refractivity contribution in [1.29, 1.82) is 0 Å². The molecule has 0 unspecified atom stereocenters. The third kappa shape index (κ3) is 4.45. The van der Waals surface area contributed by atoms with Crippen LogP contribution in [-0.2, 0) is 4.79 Å². The average Bonchev–Trinajstić information content (AvgIpc) is 2.62. The standard InChI is InChI=1S/C20H15BrFNO2/c21-17-12-15(22)10-11-19(17)25-13-20(24)23-18-9-5-4-8-16(18)14-6-2-1-3-7-14/h1-12H,13H2,(H,23,24). The minimum absolute atomic E-state index is 0.173. The first-order chi connectivity index (χ1) is 12.1. The van der Waals surface area contributed by atoms with E-state index in [1.54, 1.807) is 0 Å². The number of halogens is 2. The Morgan fingerprint density at radius 2 is 1.72 bits per heavy atom. The van der Waals surface area contributed by atoms with E-state index < -0.39 is 0 Å². The van der Waals surface area contributed by atoms with Crippen LogP contribution in [0.3, 0.4) is 0 Å². The Morgan fingerprint density at radius 1 is 1.00 bits per heavy atom. The zero-order valence-electron chi connectivity index (χ0n) is 13.2. The van der Waals surface area contributed by atoms with Crippen molar-refractivity contribution in [1.82, 2.24) is 0 Å². The fraction of sp³-hybridized carbons (Fsp3) is 0.0500. The molecule has 0 atom stereocenters. The number of rotatable bonds is 5. The van der Waals surface area contributed by atoms with Gasteiger partial charge in [-0.3, -0.25) is 4.79 Å². The van der Waals surface area contributed by atoms with E-state index in [4.69, 9.17) is 4.74 Å². The second kappa shape index (κ2) is 7.94. The molecular formula is C20H15BrFNO2. The SMILES string of the molecule is O=C(COc1ccc(F)cc1Br)Nc1ccccc1-c1ccccc1. The summed E-state index contributed by atoms with van der Waals surface area (Å²) in [6.45, 7) is -0.173. The molecular weight excluding hydrogens is 385 g/mol. The molecule has 0 bridgehead atoms. The third-order valence-corrected chi connectivity index (χ3v) is 4.16. The van der Waals surface area contributed by atoms with E-state index in [2.05, 4.69) is 21.2 Å². The number of carbonyl (C=O) groups is 1. The smallest absolute Gasteiger partial charge is 0.262 e. The van der Waals surface area contributed by atoms with E-state index in [9.17, 15) is 9.18 Å². The molecule has 0 aliphatic heterocycles. The van der Waals surface area contributed by atoms with Crippen LogP contribution in [0, 0.1) is 5.82 Å². The van der Waals surface area contributed by atoms with Gasteiger partial charge in [-0.05, 0) is 45.8 Å². The maximum absolute atomic E-state index is 13.1. The van der Waals surface area contributed by atoms with Gasteiger partial charge in [0.2, 0.25) is 0 Å². The van der Waals surface area contributed by atoms with Crippen molar-refractivity contribution in [3.63, 3.8) is 0 Å². The van der Waals surface area contributed by atoms with Crippen LogP contribution in [-0.4, -0.2) is 12.5 Å². The van der Waals surface area contributed by atoms with E-state index in [1.165, 1.54) is 18.2 Å². The number of anilines is 1. The molecule has 0 saturated heterocycles. The van der Waals surface area contributed by atoms with E-state index in [-0.39, 0.29) is 18.3 Å². The molecule has 0 heterocycles.